The number of aromatic nitrogens is 2. The average Bonchev–Trinajstić information content (AvgIpc) is 2.97. The van der Waals surface area contributed by atoms with E-state index in [4.69, 9.17) is 13.8 Å². The Balaban J connectivity index is 1.56. The predicted molar refractivity (Wildman–Crippen MR) is 196 cm³/mol. The molecule has 0 radical (unpaired) electrons. The normalized spacial score (nSPS) is 12.4. The van der Waals surface area contributed by atoms with Crippen molar-refractivity contribution >= 4 is 33.9 Å². The van der Waals surface area contributed by atoms with Gasteiger partial charge in [0.1, 0.15) is 17.2 Å². The minimum Gasteiger partial charge on any atom is -0.544 e. The van der Waals surface area contributed by atoms with Gasteiger partial charge in [0.2, 0.25) is 22.5 Å². The Hall–Kier alpha value is -4.02. The second-order valence-electron chi connectivity index (χ2n) is 14.9. The lowest BCUT2D eigenvalue weighted by atomic mass is 10.0. The van der Waals surface area contributed by atoms with Gasteiger partial charge in [0.05, 0.1) is 18.3 Å². The van der Waals surface area contributed by atoms with Gasteiger partial charge in [-0.05, 0) is 83.8 Å². The number of carbonyl (C=O) groups excluding carboxylic acids is 1. The maximum Gasteiger partial charge on any atom is 0.250 e. The van der Waals surface area contributed by atoms with Gasteiger partial charge in [0.15, 0.2) is 5.82 Å². The molecular weight excluding hydrogens is 603 g/mol. The number of rotatable bonds is 10. The SMILES string of the molecule is C=C(c1ccccc1)c1nc(-c2ccc(O[Si](C)(C)C(C)(C)C)cc2)cnc1NC(=O)Cc1ccc(O[Si](C)(C)C(C)(C)C)cc1. The zero-order valence-electron chi connectivity index (χ0n) is 29.1. The van der Waals surface area contributed by atoms with Crippen LogP contribution < -0.4 is 14.2 Å². The lowest BCUT2D eigenvalue weighted by Gasteiger charge is -2.36. The first-order chi connectivity index (χ1) is 21.4. The summed E-state index contributed by atoms with van der Waals surface area (Å²) < 4.78 is 12.9. The fourth-order valence-corrected chi connectivity index (χ4v) is 6.30. The molecule has 0 aliphatic carbocycles. The van der Waals surface area contributed by atoms with Crippen LogP contribution in [-0.4, -0.2) is 32.5 Å². The third kappa shape index (κ3) is 8.41. The number of benzene rings is 3. The molecule has 1 aromatic heterocycles. The minimum atomic E-state index is -1.96. The van der Waals surface area contributed by atoms with Gasteiger partial charge in [-0.1, -0.05) is 90.6 Å². The van der Waals surface area contributed by atoms with E-state index in [9.17, 15) is 4.79 Å². The van der Waals surface area contributed by atoms with Crippen molar-refractivity contribution in [3.63, 3.8) is 0 Å². The molecule has 0 bridgehead atoms. The van der Waals surface area contributed by atoms with Crippen molar-refractivity contribution in [1.82, 2.24) is 9.97 Å². The van der Waals surface area contributed by atoms with E-state index in [1.54, 1.807) is 6.20 Å². The van der Waals surface area contributed by atoms with Crippen LogP contribution in [0.1, 0.15) is 58.4 Å². The van der Waals surface area contributed by atoms with Gasteiger partial charge in [-0.3, -0.25) is 4.79 Å². The summed E-state index contributed by atoms with van der Waals surface area (Å²) in [7, 11) is -3.91. The lowest BCUT2D eigenvalue weighted by Crippen LogP contribution is -2.43. The molecule has 1 heterocycles. The Bertz CT molecular complexity index is 1670. The topological polar surface area (TPSA) is 73.3 Å². The molecule has 0 atom stereocenters. The number of nitrogens with one attached hydrogen (secondary N) is 1. The molecule has 8 heteroatoms. The molecule has 1 amide bonds. The highest BCUT2D eigenvalue weighted by Gasteiger charge is 2.39. The summed E-state index contributed by atoms with van der Waals surface area (Å²) >= 11 is 0. The number of nitrogens with zero attached hydrogens (tertiary/aromatic N) is 2. The molecule has 0 fully saturated rings. The van der Waals surface area contributed by atoms with Gasteiger partial charge in [0.25, 0.3) is 0 Å². The average molecular weight is 652 g/mol. The molecule has 6 nitrogen and oxygen atoms in total. The molecule has 4 aromatic rings. The highest BCUT2D eigenvalue weighted by molar-refractivity contribution is 6.75. The quantitative estimate of drug-likeness (QED) is 0.173. The van der Waals surface area contributed by atoms with Crippen LogP contribution in [0.15, 0.2) is 91.6 Å². The van der Waals surface area contributed by atoms with Crippen LogP contribution in [0.3, 0.4) is 0 Å². The van der Waals surface area contributed by atoms with E-state index in [1.807, 2.05) is 78.9 Å². The molecule has 0 spiro atoms. The maximum absolute atomic E-state index is 13.3. The second-order valence-corrected chi connectivity index (χ2v) is 24.4. The molecule has 0 aliphatic rings. The Morgan fingerprint density at radius 2 is 1.26 bits per heavy atom. The molecular formula is C38H49N3O3Si2. The lowest BCUT2D eigenvalue weighted by molar-refractivity contribution is -0.115. The summed E-state index contributed by atoms with van der Waals surface area (Å²) in [5, 5.41) is 3.20. The van der Waals surface area contributed by atoms with Crippen LogP contribution in [0.4, 0.5) is 5.82 Å². The van der Waals surface area contributed by atoms with Gasteiger partial charge in [-0.15, -0.1) is 0 Å². The summed E-state index contributed by atoms with van der Waals surface area (Å²) in [5.74, 6) is 1.87. The molecule has 0 saturated carbocycles. The van der Waals surface area contributed by atoms with Gasteiger partial charge >= 0.3 is 0 Å². The summed E-state index contributed by atoms with van der Waals surface area (Å²) in [6.07, 6.45) is 1.88. The van der Waals surface area contributed by atoms with E-state index in [2.05, 4.69) is 84.6 Å². The van der Waals surface area contributed by atoms with Crippen molar-refractivity contribution in [2.24, 2.45) is 0 Å². The highest BCUT2D eigenvalue weighted by atomic mass is 28.4. The van der Waals surface area contributed by atoms with Crippen LogP contribution in [-0.2, 0) is 11.2 Å². The zero-order valence-corrected chi connectivity index (χ0v) is 31.1. The summed E-state index contributed by atoms with van der Waals surface area (Å²) in [4.78, 5) is 22.9. The van der Waals surface area contributed by atoms with Gasteiger partial charge < -0.3 is 14.2 Å². The number of hydrogen-bond acceptors (Lipinski definition) is 5. The molecule has 0 aliphatic heterocycles. The van der Waals surface area contributed by atoms with Crippen molar-refractivity contribution in [3.05, 3.63) is 108 Å². The van der Waals surface area contributed by atoms with E-state index in [1.165, 1.54) is 0 Å². The minimum absolute atomic E-state index is 0.103. The molecule has 0 saturated heterocycles. The Labute approximate surface area is 277 Å². The predicted octanol–water partition coefficient (Wildman–Crippen LogP) is 10.2. The summed E-state index contributed by atoms with van der Waals surface area (Å²) in [5.41, 5.74) is 4.57. The first-order valence-electron chi connectivity index (χ1n) is 15.9. The first kappa shape index (κ1) is 34.8. The van der Waals surface area contributed by atoms with E-state index in [0.29, 0.717) is 22.8 Å². The van der Waals surface area contributed by atoms with Gasteiger partial charge in [0, 0.05) is 11.1 Å². The standard InChI is InChI=1S/C38H49N3O3Si2/c1-27(29-15-13-12-14-16-29)35-36(41-34(42)25-28-17-21-31(22-18-28)43-45(8,9)37(2,3)4)39-26-33(40-35)30-19-23-32(24-20-30)44-46(10,11)38(5,6)7/h12-24,26H,1,25H2,2-11H3,(H,39,41,42). The van der Waals surface area contributed by atoms with Crippen molar-refractivity contribution in [2.75, 3.05) is 5.32 Å². The van der Waals surface area contributed by atoms with E-state index >= 15 is 0 Å². The highest BCUT2D eigenvalue weighted by Crippen LogP contribution is 2.39. The van der Waals surface area contributed by atoms with Crippen LogP contribution in [0.5, 0.6) is 11.5 Å². The van der Waals surface area contributed by atoms with E-state index in [-0.39, 0.29) is 22.4 Å². The third-order valence-corrected chi connectivity index (χ3v) is 18.0. The van der Waals surface area contributed by atoms with Crippen molar-refractivity contribution in [1.29, 1.82) is 0 Å². The van der Waals surface area contributed by atoms with Gasteiger partial charge in [-0.25, -0.2) is 9.97 Å². The van der Waals surface area contributed by atoms with Crippen LogP contribution in [0.2, 0.25) is 36.3 Å². The fourth-order valence-electron chi connectivity index (χ4n) is 4.23. The second kappa shape index (κ2) is 13.4. The number of anilines is 1. The Morgan fingerprint density at radius 3 is 1.76 bits per heavy atom. The molecule has 46 heavy (non-hydrogen) atoms. The van der Waals surface area contributed by atoms with Crippen LogP contribution in [0, 0.1) is 0 Å². The smallest absolute Gasteiger partial charge is 0.250 e. The largest absolute Gasteiger partial charge is 0.544 e. The van der Waals surface area contributed by atoms with Crippen LogP contribution in [0.25, 0.3) is 16.8 Å². The Kier molecular flexibility index (Phi) is 10.1. The molecule has 4 rings (SSSR count). The summed E-state index contributed by atoms with van der Waals surface area (Å²) in [6, 6.07) is 25.6. The third-order valence-electron chi connectivity index (χ3n) is 9.23. The zero-order chi connectivity index (χ0) is 33.9. The number of amides is 1. The van der Waals surface area contributed by atoms with Gasteiger partial charge in [-0.2, -0.15) is 0 Å². The molecule has 0 unspecified atom stereocenters. The number of hydrogen-bond donors (Lipinski definition) is 1. The molecule has 242 valence electrons. The van der Waals surface area contributed by atoms with E-state index < -0.39 is 16.6 Å². The van der Waals surface area contributed by atoms with Crippen molar-refractivity contribution in [2.45, 2.75) is 84.2 Å². The van der Waals surface area contributed by atoms with Crippen molar-refractivity contribution < 1.29 is 13.6 Å². The number of carbonyl (C=O) groups is 1. The molecule has 3 aromatic carbocycles. The first-order valence-corrected chi connectivity index (χ1v) is 21.7. The summed E-state index contributed by atoms with van der Waals surface area (Å²) in [6.45, 7) is 26.6. The van der Waals surface area contributed by atoms with Crippen molar-refractivity contribution in [3.8, 4) is 22.8 Å². The Morgan fingerprint density at radius 1 is 0.761 bits per heavy atom. The van der Waals surface area contributed by atoms with E-state index in [0.717, 1.165) is 28.2 Å². The monoisotopic (exact) mass is 651 g/mol. The molecule has 1 N–H and O–H groups in total. The maximum atomic E-state index is 13.3. The van der Waals surface area contributed by atoms with Crippen LogP contribution >= 0.6 is 0 Å². The fraction of sp³-hybridized carbons (Fsp3) is 0.342.